The third kappa shape index (κ3) is 1.94. The van der Waals surface area contributed by atoms with E-state index in [1.807, 2.05) is 6.26 Å². The van der Waals surface area contributed by atoms with Crippen molar-refractivity contribution in [1.82, 2.24) is 14.8 Å². The molecule has 11 heavy (non-hydrogen) atoms. The van der Waals surface area contributed by atoms with Crippen LogP contribution in [0, 0.1) is 0 Å². The molecule has 1 amide bonds. The molecule has 2 N–H and O–H groups in total. The monoisotopic (exact) mass is 172 g/mol. The maximum Gasteiger partial charge on any atom is 0.237 e. The highest BCUT2D eigenvalue weighted by molar-refractivity contribution is 7.98. The first-order valence-electron chi connectivity index (χ1n) is 2.94. The van der Waals surface area contributed by atoms with E-state index in [-0.39, 0.29) is 12.5 Å². The minimum atomic E-state index is -0.389. The van der Waals surface area contributed by atoms with Crippen molar-refractivity contribution in [3.05, 3.63) is 6.33 Å². The molecule has 0 aliphatic carbocycles. The Morgan fingerprint density at radius 2 is 2.64 bits per heavy atom. The predicted molar refractivity (Wildman–Crippen MR) is 41.0 cm³/mol. The second kappa shape index (κ2) is 3.38. The van der Waals surface area contributed by atoms with Gasteiger partial charge in [0.15, 0.2) is 5.16 Å². The smallest absolute Gasteiger partial charge is 0.237 e. The molecule has 1 rings (SSSR count). The van der Waals surface area contributed by atoms with Gasteiger partial charge in [0.2, 0.25) is 5.91 Å². The number of carbonyl (C=O) groups is 1. The highest BCUT2D eigenvalue weighted by Crippen LogP contribution is 2.08. The first kappa shape index (κ1) is 8.06. The van der Waals surface area contributed by atoms with Gasteiger partial charge in [-0.2, -0.15) is 0 Å². The van der Waals surface area contributed by atoms with Gasteiger partial charge in [-0.15, -0.1) is 10.2 Å². The molecule has 0 unspecified atom stereocenters. The normalized spacial score (nSPS) is 9.91. The van der Waals surface area contributed by atoms with Crippen molar-refractivity contribution < 1.29 is 4.79 Å². The Morgan fingerprint density at radius 3 is 3.18 bits per heavy atom. The average Bonchev–Trinajstić information content (AvgIpc) is 2.34. The van der Waals surface area contributed by atoms with Crippen LogP contribution < -0.4 is 5.73 Å². The van der Waals surface area contributed by atoms with E-state index >= 15 is 0 Å². The molecule has 0 aromatic carbocycles. The summed E-state index contributed by atoms with van der Waals surface area (Å²) in [5, 5.41) is 8.08. The summed E-state index contributed by atoms with van der Waals surface area (Å²) < 4.78 is 1.60. The average molecular weight is 172 g/mol. The van der Waals surface area contributed by atoms with Crippen molar-refractivity contribution in [2.75, 3.05) is 6.26 Å². The van der Waals surface area contributed by atoms with Gasteiger partial charge in [-0.3, -0.25) is 9.36 Å². The lowest BCUT2D eigenvalue weighted by Crippen LogP contribution is -2.18. The van der Waals surface area contributed by atoms with Crippen molar-refractivity contribution in [2.24, 2.45) is 5.73 Å². The highest BCUT2D eigenvalue weighted by Gasteiger charge is 2.03. The van der Waals surface area contributed by atoms with Gasteiger partial charge in [-0.25, -0.2) is 0 Å². The van der Waals surface area contributed by atoms with Crippen LogP contribution in [-0.2, 0) is 11.3 Å². The molecule has 1 aromatic rings. The molecular formula is C5H8N4OS. The highest BCUT2D eigenvalue weighted by atomic mass is 32.2. The Balaban J connectivity index is 2.76. The maximum atomic E-state index is 10.5. The van der Waals surface area contributed by atoms with Crippen LogP contribution in [-0.4, -0.2) is 26.9 Å². The van der Waals surface area contributed by atoms with E-state index in [4.69, 9.17) is 5.73 Å². The van der Waals surface area contributed by atoms with E-state index in [1.54, 1.807) is 4.57 Å². The van der Waals surface area contributed by atoms with Crippen LogP contribution in [0.5, 0.6) is 0 Å². The number of carbonyl (C=O) groups excluding carboxylic acids is 1. The molecule has 0 aliphatic heterocycles. The number of thioether (sulfide) groups is 1. The van der Waals surface area contributed by atoms with Gasteiger partial charge in [0.25, 0.3) is 0 Å². The van der Waals surface area contributed by atoms with E-state index in [2.05, 4.69) is 10.2 Å². The summed E-state index contributed by atoms with van der Waals surface area (Å²) in [7, 11) is 0. The standard InChI is InChI=1S/C5H8N4OS/c1-11-5-8-7-3-9(5)2-4(6)10/h3H,2H2,1H3,(H2,6,10). The summed E-state index contributed by atoms with van der Waals surface area (Å²) in [6.45, 7) is 0.142. The Bertz CT molecular complexity index is 259. The topological polar surface area (TPSA) is 73.8 Å². The Labute approximate surface area is 68.0 Å². The van der Waals surface area contributed by atoms with Gasteiger partial charge in [-0.05, 0) is 6.26 Å². The number of rotatable bonds is 3. The van der Waals surface area contributed by atoms with Gasteiger partial charge in [0.05, 0.1) is 0 Å². The molecule has 0 spiro atoms. The summed E-state index contributed by atoms with van der Waals surface area (Å²) in [5.41, 5.74) is 4.98. The Morgan fingerprint density at radius 1 is 1.91 bits per heavy atom. The van der Waals surface area contributed by atoms with Crippen LogP contribution in [0.3, 0.4) is 0 Å². The van der Waals surface area contributed by atoms with Crippen LogP contribution in [0.2, 0.25) is 0 Å². The van der Waals surface area contributed by atoms with E-state index < -0.39 is 0 Å². The molecule has 1 heterocycles. The Hall–Kier alpha value is -1.04. The van der Waals surface area contributed by atoms with E-state index in [9.17, 15) is 4.79 Å². The lowest BCUT2D eigenvalue weighted by Gasteiger charge is -1.98. The summed E-state index contributed by atoms with van der Waals surface area (Å²) in [6, 6.07) is 0. The zero-order valence-corrected chi connectivity index (χ0v) is 6.84. The number of hydrogen-bond donors (Lipinski definition) is 1. The molecule has 0 saturated carbocycles. The van der Waals surface area contributed by atoms with Crippen molar-refractivity contribution in [2.45, 2.75) is 11.7 Å². The maximum absolute atomic E-state index is 10.5. The van der Waals surface area contributed by atoms with Crippen LogP contribution in [0.4, 0.5) is 0 Å². The molecule has 0 radical (unpaired) electrons. The van der Waals surface area contributed by atoms with E-state index in [0.717, 1.165) is 0 Å². The number of nitrogens with two attached hydrogens (primary N) is 1. The van der Waals surface area contributed by atoms with Crippen molar-refractivity contribution in [3.8, 4) is 0 Å². The van der Waals surface area contributed by atoms with Crippen LogP contribution in [0.25, 0.3) is 0 Å². The van der Waals surface area contributed by atoms with E-state index in [0.29, 0.717) is 5.16 Å². The molecule has 60 valence electrons. The second-order valence-corrected chi connectivity index (χ2v) is 2.69. The van der Waals surface area contributed by atoms with Crippen LogP contribution in [0.15, 0.2) is 11.5 Å². The summed E-state index contributed by atoms with van der Waals surface area (Å²) in [4.78, 5) is 10.5. The van der Waals surface area contributed by atoms with Gasteiger partial charge < -0.3 is 5.73 Å². The number of aromatic nitrogens is 3. The third-order valence-electron chi connectivity index (χ3n) is 1.09. The SMILES string of the molecule is CSc1nncn1CC(N)=O. The van der Waals surface area contributed by atoms with Crippen LogP contribution in [0.1, 0.15) is 0 Å². The van der Waals surface area contributed by atoms with Gasteiger partial charge in [0, 0.05) is 0 Å². The minimum absolute atomic E-state index is 0.142. The molecule has 0 aliphatic rings. The summed E-state index contributed by atoms with van der Waals surface area (Å²) in [6.07, 6.45) is 3.35. The molecule has 6 heteroatoms. The number of amides is 1. The fourth-order valence-corrected chi connectivity index (χ4v) is 1.15. The van der Waals surface area contributed by atoms with Gasteiger partial charge >= 0.3 is 0 Å². The lowest BCUT2D eigenvalue weighted by molar-refractivity contribution is -0.118. The van der Waals surface area contributed by atoms with Crippen LogP contribution >= 0.6 is 11.8 Å². The fraction of sp³-hybridized carbons (Fsp3) is 0.400. The molecular weight excluding hydrogens is 164 g/mol. The molecule has 0 saturated heterocycles. The summed E-state index contributed by atoms with van der Waals surface area (Å²) >= 11 is 1.43. The fourth-order valence-electron chi connectivity index (χ4n) is 0.679. The predicted octanol–water partition coefficient (Wildman–Crippen LogP) is -0.515. The van der Waals surface area contributed by atoms with Gasteiger partial charge in [0.1, 0.15) is 12.9 Å². The van der Waals surface area contributed by atoms with Crippen molar-refractivity contribution in [1.29, 1.82) is 0 Å². The third-order valence-corrected chi connectivity index (χ3v) is 1.77. The molecule has 5 nitrogen and oxygen atoms in total. The molecule has 1 aromatic heterocycles. The van der Waals surface area contributed by atoms with Crippen molar-refractivity contribution in [3.63, 3.8) is 0 Å². The largest absolute Gasteiger partial charge is 0.368 e. The van der Waals surface area contributed by atoms with E-state index in [1.165, 1.54) is 18.1 Å². The zero-order chi connectivity index (χ0) is 8.27. The summed E-state index contributed by atoms with van der Waals surface area (Å²) in [5.74, 6) is -0.389. The van der Waals surface area contributed by atoms with Gasteiger partial charge in [-0.1, -0.05) is 11.8 Å². The molecule has 0 fully saturated rings. The quantitative estimate of drug-likeness (QED) is 0.623. The second-order valence-electron chi connectivity index (χ2n) is 1.91. The molecule has 0 atom stereocenters. The minimum Gasteiger partial charge on any atom is -0.368 e. The number of nitrogens with zero attached hydrogens (tertiary/aromatic N) is 3. The Kier molecular flexibility index (Phi) is 2.48. The number of primary amides is 1. The first-order valence-corrected chi connectivity index (χ1v) is 4.16. The lowest BCUT2D eigenvalue weighted by atomic mass is 10.6. The zero-order valence-electron chi connectivity index (χ0n) is 6.02. The van der Waals surface area contributed by atoms with Crippen molar-refractivity contribution >= 4 is 17.7 Å². The number of hydrogen-bond acceptors (Lipinski definition) is 4. The molecule has 0 bridgehead atoms. The first-order chi connectivity index (χ1) is 5.24.